The second-order valence-corrected chi connectivity index (χ2v) is 17.0. The van der Waals surface area contributed by atoms with Gasteiger partial charge in [0.1, 0.15) is 40.5 Å². The molecule has 4 aliphatic heterocycles. The molecule has 4 fully saturated rings. The number of carbonyl (C=O) groups excluding carboxylic acids is 3. The second kappa shape index (κ2) is 21.1. The number of nitrogens with zero attached hydrogens (tertiary/aromatic N) is 7. The number of anilines is 2. The minimum Gasteiger partial charge on any atom is -0.438 e. The third-order valence-electron chi connectivity index (χ3n) is 13.0. The number of primary amides is 1. The number of halogens is 2. The fourth-order valence-corrected chi connectivity index (χ4v) is 9.48. The standard InChI is InChI=1S/C24H29FN4O4.C24H27FN4O3/c25-19-7-5-18(6-8-19)24(10-2-14-30)11-13-29(23(32)33-24)20-3-1-12-28(16-20)21-9-4-17(15-27-21)22(26)31;25-20-7-5-19(6-8-20)24(10-2-14-30)11-13-29(23(31)32-24)21-3-1-12-28(17-21)22-9-4-18(15-26)16-27-22/h4-9,15,20,30H,1-3,10-14,16H2,(H2,26,31);4-9,16,21,30H,1-3,10-14,17H2/t20-,24+;21-,24+/m00/s1. The van der Waals surface area contributed by atoms with E-state index >= 15 is 0 Å². The molecule has 3 amide bonds. The van der Waals surface area contributed by atoms with Gasteiger partial charge in [-0.05, 0) is 111 Å². The number of piperidine rings is 2. The van der Waals surface area contributed by atoms with Crippen LogP contribution in [0, 0.1) is 23.0 Å². The van der Waals surface area contributed by atoms with E-state index in [0.717, 1.165) is 61.5 Å². The fourth-order valence-electron chi connectivity index (χ4n) is 9.48. The van der Waals surface area contributed by atoms with Crippen LogP contribution in [0.5, 0.6) is 0 Å². The topological polar surface area (TPSA) is 199 Å². The summed E-state index contributed by atoms with van der Waals surface area (Å²) in [5.41, 5.74) is 5.94. The van der Waals surface area contributed by atoms with E-state index < -0.39 is 23.2 Å². The maximum Gasteiger partial charge on any atom is 0.410 e. The van der Waals surface area contributed by atoms with E-state index in [0.29, 0.717) is 75.8 Å². The molecule has 6 heterocycles. The van der Waals surface area contributed by atoms with E-state index in [1.54, 1.807) is 58.5 Å². The summed E-state index contributed by atoms with van der Waals surface area (Å²) in [5, 5.41) is 27.7. The molecule has 0 spiro atoms. The molecule has 4 N–H and O–H groups in total. The number of hydrogen-bond acceptors (Lipinski definition) is 12. The lowest BCUT2D eigenvalue weighted by molar-refractivity contribution is -0.0702. The third kappa shape index (κ3) is 10.9. The number of pyridine rings is 2. The van der Waals surface area contributed by atoms with Gasteiger partial charge in [0, 0.05) is 77.7 Å². The van der Waals surface area contributed by atoms with E-state index in [9.17, 15) is 33.4 Å². The summed E-state index contributed by atoms with van der Waals surface area (Å²) in [4.78, 5) is 54.1. The molecule has 0 aliphatic carbocycles. The minimum absolute atomic E-state index is 0.000609. The molecule has 0 saturated carbocycles. The highest BCUT2D eigenvalue weighted by molar-refractivity contribution is 5.92. The van der Waals surface area contributed by atoms with Gasteiger partial charge >= 0.3 is 12.2 Å². The van der Waals surface area contributed by atoms with Gasteiger partial charge in [0.15, 0.2) is 0 Å². The molecule has 0 unspecified atom stereocenters. The van der Waals surface area contributed by atoms with Crippen molar-refractivity contribution in [3.8, 4) is 6.07 Å². The van der Waals surface area contributed by atoms with Crippen LogP contribution in [-0.4, -0.2) is 113 Å². The van der Waals surface area contributed by atoms with Crippen LogP contribution in [-0.2, 0) is 20.7 Å². The van der Waals surface area contributed by atoms with Crippen LogP contribution >= 0.6 is 0 Å². The van der Waals surface area contributed by atoms with E-state index in [4.69, 9.17) is 20.5 Å². The molecular formula is C48H56F2N8O7. The van der Waals surface area contributed by atoms with Gasteiger partial charge in [-0.1, -0.05) is 24.3 Å². The molecule has 4 saturated heterocycles. The minimum atomic E-state index is -0.871. The van der Waals surface area contributed by atoms with E-state index in [1.807, 2.05) is 6.07 Å². The molecule has 2 aromatic heterocycles. The molecule has 65 heavy (non-hydrogen) atoms. The van der Waals surface area contributed by atoms with Crippen LogP contribution in [0.2, 0.25) is 0 Å². The molecule has 0 radical (unpaired) electrons. The summed E-state index contributed by atoms with van der Waals surface area (Å²) < 4.78 is 39.0. The number of aliphatic hydroxyl groups excluding tert-OH is 2. The molecule has 2 aromatic carbocycles. The summed E-state index contributed by atoms with van der Waals surface area (Å²) in [6.45, 7) is 3.93. The second-order valence-electron chi connectivity index (χ2n) is 17.0. The van der Waals surface area contributed by atoms with Gasteiger partial charge in [-0.25, -0.2) is 28.3 Å². The highest BCUT2D eigenvalue weighted by Gasteiger charge is 2.46. The Kier molecular flexibility index (Phi) is 15.1. The summed E-state index contributed by atoms with van der Waals surface area (Å²) in [7, 11) is 0. The Morgan fingerprint density at radius 3 is 1.54 bits per heavy atom. The predicted molar refractivity (Wildman–Crippen MR) is 237 cm³/mol. The first-order chi connectivity index (χ1) is 31.5. The van der Waals surface area contributed by atoms with Gasteiger partial charge in [0.25, 0.3) is 0 Å². The molecule has 0 bridgehead atoms. The van der Waals surface area contributed by atoms with Crippen molar-refractivity contribution < 1.29 is 42.9 Å². The van der Waals surface area contributed by atoms with Crippen molar-refractivity contribution in [2.75, 3.05) is 62.3 Å². The van der Waals surface area contributed by atoms with Crippen molar-refractivity contribution in [3.05, 3.63) is 119 Å². The molecular weight excluding hydrogens is 839 g/mol. The van der Waals surface area contributed by atoms with Crippen LogP contribution in [0.15, 0.2) is 85.2 Å². The number of nitriles is 1. The van der Waals surface area contributed by atoms with Gasteiger partial charge in [0.2, 0.25) is 5.91 Å². The third-order valence-corrected chi connectivity index (χ3v) is 13.0. The molecule has 4 atom stereocenters. The van der Waals surface area contributed by atoms with Gasteiger partial charge in [-0.2, -0.15) is 5.26 Å². The fraction of sp³-hybridized carbons (Fsp3) is 0.458. The van der Waals surface area contributed by atoms with Crippen molar-refractivity contribution in [2.24, 2.45) is 5.73 Å². The first-order valence-corrected chi connectivity index (χ1v) is 22.3. The lowest BCUT2D eigenvalue weighted by atomic mass is 9.84. The normalized spacial score (nSPS) is 23.4. The molecule has 8 rings (SSSR count). The quantitative estimate of drug-likeness (QED) is 0.134. The number of hydrogen-bond donors (Lipinski definition) is 3. The van der Waals surface area contributed by atoms with Crippen molar-refractivity contribution in [1.29, 1.82) is 5.26 Å². The summed E-state index contributed by atoms with van der Waals surface area (Å²) >= 11 is 0. The van der Waals surface area contributed by atoms with Gasteiger partial charge < -0.3 is 45.0 Å². The van der Waals surface area contributed by atoms with E-state index in [-0.39, 0.29) is 43.0 Å². The zero-order valence-electron chi connectivity index (χ0n) is 36.4. The first-order valence-electron chi connectivity index (χ1n) is 22.3. The maximum absolute atomic E-state index is 13.5. The summed E-state index contributed by atoms with van der Waals surface area (Å²) in [5.74, 6) is 0.321. The monoisotopic (exact) mass is 894 g/mol. The molecule has 17 heteroatoms. The number of ether oxygens (including phenoxy) is 2. The van der Waals surface area contributed by atoms with Gasteiger partial charge in [0.05, 0.1) is 23.2 Å². The van der Waals surface area contributed by atoms with Crippen molar-refractivity contribution >= 4 is 29.7 Å². The Morgan fingerprint density at radius 2 is 1.17 bits per heavy atom. The molecule has 344 valence electrons. The number of rotatable bonds is 13. The highest BCUT2D eigenvalue weighted by Crippen LogP contribution is 2.41. The van der Waals surface area contributed by atoms with E-state index in [1.165, 1.54) is 30.5 Å². The lowest BCUT2D eigenvalue weighted by Crippen LogP contribution is -2.56. The van der Waals surface area contributed by atoms with Crippen LogP contribution < -0.4 is 15.5 Å². The molecule has 4 aromatic rings. The number of nitrogens with two attached hydrogens (primary N) is 1. The summed E-state index contributed by atoms with van der Waals surface area (Å²) in [6.07, 6.45) is 8.87. The zero-order chi connectivity index (χ0) is 46.0. The van der Waals surface area contributed by atoms with Crippen molar-refractivity contribution in [3.63, 3.8) is 0 Å². The number of aromatic nitrogens is 2. The Morgan fingerprint density at radius 1 is 0.708 bits per heavy atom. The first kappa shape index (κ1) is 46.6. The number of benzene rings is 2. The van der Waals surface area contributed by atoms with Crippen LogP contribution in [0.4, 0.5) is 30.0 Å². The van der Waals surface area contributed by atoms with Crippen LogP contribution in [0.1, 0.15) is 91.3 Å². The zero-order valence-corrected chi connectivity index (χ0v) is 36.4. The van der Waals surface area contributed by atoms with Crippen molar-refractivity contribution in [1.82, 2.24) is 19.8 Å². The largest absolute Gasteiger partial charge is 0.438 e. The maximum atomic E-state index is 13.5. The Hall–Kier alpha value is -6.38. The number of carbonyl (C=O) groups is 3. The smallest absolute Gasteiger partial charge is 0.410 e. The average Bonchev–Trinajstić information content (AvgIpc) is 3.33. The number of amides is 3. The lowest BCUT2D eigenvalue weighted by Gasteiger charge is -2.46. The highest BCUT2D eigenvalue weighted by atomic mass is 19.1. The Balaban J connectivity index is 0.000000194. The molecule has 15 nitrogen and oxygen atoms in total. The molecule has 4 aliphatic rings. The summed E-state index contributed by atoms with van der Waals surface area (Å²) in [6, 6.07) is 21.2. The number of aliphatic hydroxyl groups is 2. The van der Waals surface area contributed by atoms with Gasteiger partial charge in [-0.15, -0.1) is 0 Å². The Labute approximate surface area is 377 Å². The average molecular weight is 895 g/mol. The SMILES string of the molecule is N#Cc1ccc(N2CCC[C@H](N3CC[C@](CCCO)(c4ccc(F)cc4)OC3=O)C2)nc1.NC(=O)c1ccc(N2CCC[C@H](N3CC[C@](CCCO)(c4ccc(F)cc4)OC3=O)C2)nc1. The van der Waals surface area contributed by atoms with Crippen molar-refractivity contribution in [2.45, 2.75) is 87.5 Å². The van der Waals surface area contributed by atoms with E-state index in [2.05, 4.69) is 25.8 Å². The van der Waals surface area contributed by atoms with Gasteiger partial charge in [-0.3, -0.25) is 4.79 Å². The number of cyclic esters (lactones) is 2. The Bertz CT molecular complexity index is 2280. The van der Waals surface area contributed by atoms with Crippen LogP contribution in [0.25, 0.3) is 0 Å². The predicted octanol–water partition coefficient (Wildman–Crippen LogP) is 6.37. The van der Waals surface area contributed by atoms with Crippen LogP contribution in [0.3, 0.4) is 0 Å².